The SMILES string of the molecule is C=CCc1ccc(OCC(=O)Nc2ccc(N3CCN(CC)CC3)c(C)c2)c(OC)c1. The number of carbonyl (C=O) groups excluding carboxylic acids is 1. The minimum Gasteiger partial charge on any atom is -0.493 e. The zero-order valence-electron chi connectivity index (χ0n) is 18.8. The first-order valence-electron chi connectivity index (χ1n) is 10.8. The lowest BCUT2D eigenvalue weighted by Crippen LogP contribution is -2.46. The molecule has 0 aromatic heterocycles. The van der Waals surface area contributed by atoms with Crippen molar-refractivity contribution in [3.63, 3.8) is 0 Å². The Kier molecular flexibility index (Phi) is 7.95. The third-order valence-electron chi connectivity index (χ3n) is 5.61. The summed E-state index contributed by atoms with van der Waals surface area (Å²) in [4.78, 5) is 17.3. The number of methoxy groups -OCH3 is 1. The minimum atomic E-state index is -0.207. The van der Waals surface area contributed by atoms with Crippen molar-refractivity contribution >= 4 is 17.3 Å². The Balaban J connectivity index is 1.56. The fourth-order valence-corrected chi connectivity index (χ4v) is 3.86. The van der Waals surface area contributed by atoms with Crippen molar-refractivity contribution in [2.24, 2.45) is 0 Å². The zero-order chi connectivity index (χ0) is 22.2. The maximum absolute atomic E-state index is 12.4. The van der Waals surface area contributed by atoms with Crippen LogP contribution in [0.1, 0.15) is 18.1 Å². The second kappa shape index (κ2) is 10.9. The lowest BCUT2D eigenvalue weighted by atomic mass is 10.1. The maximum atomic E-state index is 12.4. The molecule has 6 nitrogen and oxygen atoms in total. The Labute approximate surface area is 185 Å². The number of allylic oxidation sites excluding steroid dienone is 1. The summed E-state index contributed by atoms with van der Waals surface area (Å²) in [6, 6.07) is 11.7. The second-order valence-electron chi connectivity index (χ2n) is 7.74. The molecule has 166 valence electrons. The van der Waals surface area contributed by atoms with E-state index in [1.807, 2.05) is 36.4 Å². The van der Waals surface area contributed by atoms with E-state index in [-0.39, 0.29) is 12.5 Å². The average Bonchev–Trinajstić information content (AvgIpc) is 2.78. The summed E-state index contributed by atoms with van der Waals surface area (Å²) in [6.45, 7) is 13.3. The number of nitrogens with zero attached hydrogens (tertiary/aromatic N) is 2. The van der Waals surface area contributed by atoms with E-state index in [0.717, 1.165) is 56.0 Å². The van der Waals surface area contributed by atoms with Crippen molar-refractivity contribution in [3.05, 3.63) is 60.2 Å². The summed E-state index contributed by atoms with van der Waals surface area (Å²) >= 11 is 0. The maximum Gasteiger partial charge on any atom is 0.262 e. The van der Waals surface area contributed by atoms with E-state index in [9.17, 15) is 4.79 Å². The summed E-state index contributed by atoms with van der Waals surface area (Å²) < 4.78 is 11.1. The molecule has 1 N–H and O–H groups in total. The van der Waals surface area contributed by atoms with E-state index in [4.69, 9.17) is 9.47 Å². The van der Waals surface area contributed by atoms with E-state index < -0.39 is 0 Å². The number of piperazine rings is 1. The number of hydrogen-bond donors (Lipinski definition) is 1. The van der Waals surface area contributed by atoms with Crippen molar-refractivity contribution in [2.45, 2.75) is 20.3 Å². The van der Waals surface area contributed by atoms with E-state index in [1.54, 1.807) is 7.11 Å². The smallest absolute Gasteiger partial charge is 0.262 e. The predicted octanol–water partition coefficient (Wildman–Crippen LogP) is 3.89. The molecule has 31 heavy (non-hydrogen) atoms. The monoisotopic (exact) mass is 423 g/mol. The van der Waals surface area contributed by atoms with Crippen molar-refractivity contribution < 1.29 is 14.3 Å². The van der Waals surface area contributed by atoms with Crippen molar-refractivity contribution in [1.82, 2.24) is 4.90 Å². The van der Waals surface area contributed by atoms with Gasteiger partial charge in [0.25, 0.3) is 5.91 Å². The van der Waals surface area contributed by atoms with Gasteiger partial charge in [-0.25, -0.2) is 0 Å². The van der Waals surface area contributed by atoms with Crippen molar-refractivity contribution in [3.8, 4) is 11.5 Å². The first-order valence-corrected chi connectivity index (χ1v) is 10.8. The Morgan fingerprint density at radius 1 is 1.13 bits per heavy atom. The van der Waals surface area contributed by atoms with Gasteiger partial charge in [-0.05, 0) is 61.3 Å². The first kappa shape index (κ1) is 22.7. The number of rotatable bonds is 9. The molecule has 2 aromatic carbocycles. The molecule has 0 aliphatic carbocycles. The Bertz CT molecular complexity index is 905. The van der Waals surface area contributed by atoms with Gasteiger partial charge in [-0.1, -0.05) is 19.1 Å². The fraction of sp³-hybridized carbons (Fsp3) is 0.400. The van der Waals surface area contributed by atoms with Gasteiger partial charge in [0.05, 0.1) is 7.11 Å². The quantitative estimate of drug-likeness (QED) is 0.620. The van der Waals surface area contributed by atoms with Gasteiger partial charge in [-0.15, -0.1) is 6.58 Å². The molecular weight excluding hydrogens is 390 g/mol. The van der Waals surface area contributed by atoms with Crippen LogP contribution in [0.3, 0.4) is 0 Å². The molecule has 1 aliphatic rings. The van der Waals surface area contributed by atoms with E-state index in [2.05, 4.69) is 41.6 Å². The Hall–Kier alpha value is -2.99. The molecule has 1 aliphatic heterocycles. The van der Waals surface area contributed by atoms with Crippen LogP contribution in [0.15, 0.2) is 49.1 Å². The third kappa shape index (κ3) is 6.01. The molecule has 1 heterocycles. The molecule has 0 unspecified atom stereocenters. The van der Waals surface area contributed by atoms with E-state index >= 15 is 0 Å². The molecule has 0 saturated carbocycles. The van der Waals surface area contributed by atoms with Gasteiger partial charge in [0, 0.05) is 37.6 Å². The number of ether oxygens (including phenoxy) is 2. The highest BCUT2D eigenvalue weighted by Crippen LogP contribution is 2.29. The third-order valence-corrected chi connectivity index (χ3v) is 5.61. The number of carbonyl (C=O) groups is 1. The van der Waals surface area contributed by atoms with Gasteiger partial charge in [0.1, 0.15) is 0 Å². The molecule has 0 atom stereocenters. The van der Waals surface area contributed by atoms with E-state index in [1.165, 1.54) is 5.69 Å². The van der Waals surface area contributed by atoms with Gasteiger partial charge in [-0.2, -0.15) is 0 Å². The molecule has 0 radical (unpaired) electrons. The number of benzene rings is 2. The van der Waals surface area contributed by atoms with Crippen LogP contribution >= 0.6 is 0 Å². The average molecular weight is 424 g/mol. The van der Waals surface area contributed by atoms with Crippen LogP contribution in [0.4, 0.5) is 11.4 Å². The summed E-state index contributed by atoms with van der Waals surface area (Å²) in [5, 5.41) is 2.92. The lowest BCUT2D eigenvalue weighted by Gasteiger charge is -2.36. The van der Waals surface area contributed by atoms with E-state index in [0.29, 0.717) is 11.5 Å². The molecule has 3 rings (SSSR count). The normalized spacial score (nSPS) is 14.2. The van der Waals surface area contributed by atoms with Gasteiger partial charge in [0.2, 0.25) is 0 Å². The molecule has 2 aromatic rings. The highest BCUT2D eigenvalue weighted by molar-refractivity contribution is 5.92. The van der Waals surface area contributed by atoms with Gasteiger partial charge in [0.15, 0.2) is 18.1 Å². The number of likely N-dealkylation sites (N-methyl/N-ethyl adjacent to an activating group) is 1. The highest BCUT2D eigenvalue weighted by atomic mass is 16.5. The van der Waals surface area contributed by atoms with Crippen LogP contribution in [-0.2, 0) is 11.2 Å². The van der Waals surface area contributed by atoms with Crippen LogP contribution in [0, 0.1) is 6.92 Å². The highest BCUT2D eigenvalue weighted by Gasteiger charge is 2.17. The van der Waals surface area contributed by atoms with Gasteiger partial charge in [-0.3, -0.25) is 4.79 Å². The number of hydrogen-bond acceptors (Lipinski definition) is 5. The largest absolute Gasteiger partial charge is 0.493 e. The second-order valence-corrected chi connectivity index (χ2v) is 7.74. The summed E-state index contributed by atoms with van der Waals surface area (Å²) in [7, 11) is 1.59. The first-order chi connectivity index (χ1) is 15.0. The van der Waals surface area contributed by atoms with Crippen LogP contribution in [0.5, 0.6) is 11.5 Å². The van der Waals surface area contributed by atoms with Crippen molar-refractivity contribution in [1.29, 1.82) is 0 Å². The summed E-state index contributed by atoms with van der Waals surface area (Å²) in [5.41, 5.74) is 4.24. The van der Waals surface area contributed by atoms with Crippen LogP contribution in [0.2, 0.25) is 0 Å². The number of anilines is 2. The van der Waals surface area contributed by atoms with Crippen molar-refractivity contribution in [2.75, 3.05) is 56.7 Å². The molecule has 0 bridgehead atoms. The molecule has 0 spiro atoms. The van der Waals surface area contributed by atoms with Gasteiger partial charge < -0.3 is 24.6 Å². The predicted molar refractivity (Wildman–Crippen MR) is 127 cm³/mol. The van der Waals surface area contributed by atoms with Crippen LogP contribution in [-0.4, -0.2) is 57.2 Å². The summed E-state index contributed by atoms with van der Waals surface area (Å²) in [5.74, 6) is 0.944. The van der Waals surface area contributed by atoms with Crippen LogP contribution in [0.25, 0.3) is 0 Å². The molecule has 1 fully saturated rings. The molecule has 1 saturated heterocycles. The fourth-order valence-electron chi connectivity index (χ4n) is 3.86. The molecular formula is C25H33N3O3. The number of amides is 1. The lowest BCUT2D eigenvalue weighted by molar-refractivity contribution is -0.118. The zero-order valence-corrected chi connectivity index (χ0v) is 18.8. The Morgan fingerprint density at radius 3 is 2.55 bits per heavy atom. The summed E-state index contributed by atoms with van der Waals surface area (Å²) in [6.07, 6.45) is 2.59. The Morgan fingerprint density at radius 2 is 1.90 bits per heavy atom. The minimum absolute atomic E-state index is 0.0864. The molecule has 1 amide bonds. The van der Waals surface area contributed by atoms with Crippen LogP contribution < -0.4 is 19.7 Å². The number of aryl methyl sites for hydroxylation is 1. The topological polar surface area (TPSA) is 54.0 Å². The van der Waals surface area contributed by atoms with Gasteiger partial charge >= 0.3 is 0 Å². The molecule has 6 heteroatoms. The number of nitrogens with one attached hydrogen (secondary N) is 1. The standard InChI is InChI=1S/C25H33N3O3/c1-5-7-20-8-11-23(24(17-20)30-4)31-18-25(29)26-21-9-10-22(19(3)16-21)28-14-12-27(6-2)13-15-28/h5,8-11,16-17H,1,6-7,12-15,18H2,2-4H3,(H,26,29).